The lowest BCUT2D eigenvalue weighted by molar-refractivity contribution is -0.408. The molecule has 0 amide bonds. The molecule has 7 aliphatic rings. The van der Waals surface area contributed by atoms with E-state index >= 15 is 0 Å². The molecule has 0 unspecified atom stereocenters. The zero-order chi connectivity index (χ0) is 47.1. The summed E-state index contributed by atoms with van der Waals surface area (Å²) in [4.78, 5) is 12.4. The number of carboxylic acid groups (broad SMARTS) is 1. The first-order chi connectivity index (χ1) is 29.8. The number of methoxy groups -OCH3 is 3. The van der Waals surface area contributed by atoms with Crippen LogP contribution in [0.15, 0.2) is 0 Å². The fourth-order valence-corrected chi connectivity index (χ4v) is 13.0. The molecule has 16 heteroatoms. The molecular formula is C48H82O16. The van der Waals surface area contributed by atoms with E-state index in [2.05, 4.69) is 27.7 Å². The first-order valence-corrected chi connectivity index (χ1v) is 24.2. The van der Waals surface area contributed by atoms with Crippen LogP contribution in [0.1, 0.15) is 134 Å². The Kier molecular flexibility index (Phi) is 14.6. The highest BCUT2D eigenvalue weighted by Gasteiger charge is 2.67. The molecular weight excluding hydrogens is 833 g/mol. The lowest BCUT2D eigenvalue weighted by atomic mass is 9.69. The molecule has 24 atom stereocenters. The Labute approximate surface area is 380 Å². The number of carboxylic acids is 1. The predicted molar refractivity (Wildman–Crippen MR) is 231 cm³/mol. The Bertz CT molecular complexity index is 1630. The quantitative estimate of drug-likeness (QED) is 0.196. The SMILES string of the molecule is CO[C@@H]1[C@H](C)[C@@H]([C@@H]2CC[C@H]([C@]3(C)CC[C@H]([C@]4(C)CC[C@@]5(O[C@@H]([C@@H](C)[C@H]6O[C@](O)([C@@H](C)C(=O)O)[C@H](C)[C@H](O)[C@@]6(C)O[C@H]6CC[C@H](OC)[C@H](C)O6)C[C@H](OC)[C@H]5C)O4)O3)O2)O[C@](C)(O)[C@@H]1C. The van der Waals surface area contributed by atoms with Crippen molar-refractivity contribution in [3.63, 3.8) is 0 Å². The van der Waals surface area contributed by atoms with Crippen molar-refractivity contribution >= 4 is 5.97 Å². The Hall–Kier alpha value is -1.09. The number of carbonyl (C=O) groups is 1. The summed E-state index contributed by atoms with van der Waals surface area (Å²) in [7, 11) is 5.02. The molecule has 0 aromatic carbocycles. The number of hydrogen-bond acceptors (Lipinski definition) is 15. The van der Waals surface area contributed by atoms with Gasteiger partial charge in [-0.05, 0) is 80.1 Å². The molecule has 370 valence electrons. The molecule has 4 N–H and O–H groups in total. The van der Waals surface area contributed by atoms with Gasteiger partial charge >= 0.3 is 5.97 Å². The van der Waals surface area contributed by atoms with Crippen molar-refractivity contribution in [2.24, 2.45) is 35.5 Å². The minimum Gasteiger partial charge on any atom is -0.481 e. The molecule has 7 saturated heterocycles. The topological polar surface area (TPSA) is 200 Å². The average Bonchev–Trinajstić information content (AvgIpc) is 4.00. The van der Waals surface area contributed by atoms with Crippen molar-refractivity contribution < 1.29 is 77.3 Å². The summed E-state index contributed by atoms with van der Waals surface area (Å²) in [5, 5.41) is 45.7. The summed E-state index contributed by atoms with van der Waals surface area (Å²) in [6.45, 7) is 20.7. The number of aliphatic hydroxyl groups is 3. The highest BCUT2D eigenvalue weighted by atomic mass is 16.7. The molecule has 0 aliphatic carbocycles. The van der Waals surface area contributed by atoms with Crippen LogP contribution in [0, 0.1) is 35.5 Å². The Morgan fingerprint density at radius 1 is 0.719 bits per heavy atom. The molecule has 0 aromatic rings. The maximum absolute atomic E-state index is 12.4. The third-order valence-electron chi connectivity index (χ3n) is 17.8. The average molecular weight is 915 g/mol. The largest absolute Gasteiger partial charge is 0.481 e. The zero-order valence-corrected chi connectivity index (χ0v) is 40.9. The molecule has 1 spiro atoms. The predicted octanol–water partition coefficient (Wildman–Crippen LogP) is 5.33. The number of hydrogen-bond donors (Lipinski definition) is 4. The third kappa shape index (κ3) is 8.66. The minimum absolute atomic E-state index is 0.0222. The van der Waals surface area contributed by atoms with Gasteiger partial charge in [-0.3, -0.25) is 4.79 Å². The van der Waals surface area contributed by atoms with Crippen LogP contribution < -0.4 is 0 Å². The van der Waals surface area contributed by atoms with Gasteiger partial charge in [0.1, 0.15) is 11.5 Å². The fourth-order valence-electron chi connectivity index (χ4n) is 13.0. The molecule has 0 radical (unpaired) electrons. The van der Waals surface area contributed by atoms with Crippen molar-refractivity contribution in [2.75, 3.05) is 21.3 Å². The molecule has 7 fully saturated rings. The van der Waals surface area contributed by atoms with Crippen molar-refractivity contribution in [2.45, 2.75) is 242 Å². The normalized spacial score (nSPS) is 54.6. The Morgan fingerprint density at radius 3 is 2.03 bits per heavy atom. The minimum atomic E-state index is -2.24. The molecule has 16 nitrogen and oxygen atoms in total. The summed E-state index contributed by atoms with van der Waals surface area (Å²) < 4.78 is 72.0. The van der Waals surface area contributed by atoms with Crippen LogP contribution in [-0.2, 0) is 56.9 Å². The lowest BCUT2D eigenvalue weighted by Gasteiger charge is -2.58. The van der Waals surface area contributed by atoms with Crippen LogP contribution in [-0.4, -0.2) is 155 Å². The van der Waals surface area contributed by atoms with E-state index in [1.807, 2.05) is 20.8 Å². The summed E-state index contributed by atoms with van der Waals surface area (Å²) >= 11 is 0. The van der Waals surface area contributed by atoms with Crippen molar-refractivity contribution in [3.05, 3.63) is 0 Å². The van der Waals surface area contributed by atoms with Gasteiger partial charge in [-0.2, -0.15) is 0 Å². The molecule has 0 aromatic heterocycles. The maximum Gasteiger partial charge on any atom is 0.311 e. The van der Waals surface area contributed by atoms with Gasteiger partial charge in [0.15, 0.2) is 23.7 Å². The van der Waals surface area contributed by atoms with Gasteiger partial charge in [-0.15, -0.1) is 0 Å². The maximum atomic E-state index is 12.4. The monoisotopic (exact) mass is 915 g/mol. The molecule has 7 aliphatic heterocycles. The van der Waals surface area contributed by atoms with E-state index in [4.69, 9.17) is 52.1 Å². The number of aliphatic carboxylic acids is 1. The Morgan fingerprint density at radius 2 is 1.41 bits per heavy atom. The molecule has 0 saturated carbocycles. The number of rotatable bonds is 12. The summed E-state index contributed by atoms with van der Waals surface area (Å²) in [6.07, 6.45) is 0.417. The van der Waals surface area contributed by atoms with Crippen molar-refractivity contribution in [1.29, 1.82) is 0 Å². The van der Waals surface area contributed by atoms with Crippen LogP contribution in [0.4, 0.5) is 0 Å². The van der Waals surface area contributed by atoms with Crippen molar-refractivity contribution in [1.82, 2.24) is 0 Å². The van der Waals surface area contributed by atoms with Gasteiger partial charge in [0.25, 0.3) is 0 Å². The third-order valence-corrected chi connectivity index (χ3v) is 17.8. The molecule has 0 bridgehead atoms. The Balaban J connectivity index is 1.09. The first-order valence-electron chi connectivity index (χ1n) is 24.2. The molecule has 7 heterocycles. The number of ether oxygens (including phenoxy) is 11. The van der Waals surface area contributed by atoms with E-state index < -0.39 is 82.5 Å². The second-order valence-corrected chi connectivity index (χ2v) is 21.7. The van der Waals surface area contributed by atoms with Crippen LogP contribution in [0.5, 0.6) is 0 Å². The second-order valence-electron chi connectivity index (χ2n) is 21.7. The van der Waals surface area contributed by atoms with Crippen LogP contribution >= 0.6 is 0 Å². The van der Waals surface area contributed by atoms with Gasteiger partial charge in [-0.25, -0.2) is 0 Å². The van der Waals surface area contributed by atoms with Gasteiger partial charge in [0, 0.05) is 70.2 Å². The fraction of sp³-hybridized carbons (Fsp3) is 0.979. The molecule has 7 rings (SSSR count). The van der Waals surface area contributed by atoms with E-state index in [-0.39, 0.29) is 66.6 Å². The first kappa shape index (κ1) is 50.8. The molecule has 64 heavy (non-hydrogen) atoms. The van der Waals surface area contributed by atoms with Crippen LogP contribution in [0.3, 0.4) is 0 Å². The van der Waals surface area contributed by atoms with Gasteiger partial charge < -0.3 is 72.5 Å². The van der Waals surface area contributed by atoms with Crippen molar-refractivity contribution in [3.8, 4) is 0 Å². The summed E-state index contributed by atoms with van der Waals surface area (Å²) in [6, 6.07) is 0. The second kappa shape index (κ2) is 18.3. The van der Waals surface area contributed by atoms with Gasteiger partial charge in [0.05, 0.1) is 78.3 Å². The van der Waals surface area contributed by atoms with E-state index in [9.17, 15) is 25.2 Å². The zero-order valence-electron chi connectivity index (χ0n) is 40.9. The van der Waals surface area contributed by atoms with Gasteiger partial charge in [0.2, 0.25) is 0 Å². The highest BCUT2D eigenvalue weighted by Crippen LogP contribution is 2.56. The lowest BCUT2D eigenvalue weighted by Crippen LogP contribution is -2.72. The van der Waals surface area contributed by atoms with E-state index in [1.54, 1.807) is 42.1 Å². The van der Waals surface area contributed by atoms with Crippen LogP contribution in [0.25, 0.3) is 0 Å². The number of aliphatic hydroxyl groups excluding tert-OH is 1. The van der Waals surface area contributed by atoms with E-state index in [0.29, 0.717) is 32.1 Å². The smallest absolute Gasteiger partial charge is 0.311 e. The van der Waals surface area contributed by atoms with Gasteiger partial charge in [-0.1, -0.05) is 34.6 Å². The summed E-state index contributed by atoms with van der Waals surface area (Å²) in [5.41, 5.74) is -2.76. The van der Waals surface area contributed by atoms with Crippen LogP contribution in [0.2, 0.25) is 0 Å². The highest BCUT2D eigenvalue weighted by molar-refractivity contribution is 5.70. The van der Waals surface area contributed by atoms with E-state index in [0.717, 1.165) is 25.7 Å². The summed E-state index contributed by atoms with van der Waals surface area (Å²) in [5.74, 6) is -9.27. The van der Waals surface area contributed by atoms with E-state index in [1.165, 1.54) is 6.92 Å². The standard InChI is InChI=1S/C48H82O16/c1-24(41-45(10,61-37-18-16-31(54-12)30(7)57-37)40(49)28(5)48(53,63-41)29(6)42(50)51)33-23-34(55-13)26(3)47(59-33)22-21-44(9,64-47)36-19-20-43(8,60-36)35-17-15-32(58-35)39-25(2)38(56-14)27(4)46(11,52)62-39/h24-41,49,52-53H,15-23H2,1-14H3,(H,50,51)/t24-,25+,26-,27-,28-,29+,30+,31+,32+,33-,34+,35-,36-,37+,38-,39+,40+,41-,43+,44+,45-,46+,47-,48+/m1/s1.